The van der Waals surface area contributed by atoms with Crippen molar-refractivity contribution >= 4 is 20.1 Å². The lowest BCUT2D eigenvalue weighted by atomic mass is 10.1. The Morgan fingerprint density at radius 3 is 2.16 bits per heavy atom. The smallest absolute Gasteiger partial charge is 0.273 e. The summed E-state index contributed by atoms with van der Waals surface area (Å²) in [5.74, 6) is 0.807. The topological polar surface area (TPSA) is 44.1 Å². The molecule has 1 aromatic carbocycles. The maximum atomic E-state index is 13.4. The second-order valence-corrected chi connectivity index (χ2v) is 17.0. The van der Waals surface area contributed by atoms with Gasteiger partial charge in [-0.05, 0) is 62.9 Å². The summed E-state index contributed by atoms with van der Waals surface area (Å²) in [6.45, 7) is 19.7. The van der Waals surface area contributed by atoms with Crippen LogP contribution in [0.4, 0.5) is 0 Å². The van der Waals surface area contributed by atoms with Gasteiger partial charge < -0.3 is 4.43 Å². The van der Waals surface area contributed by atoms with Gasteiger partial charge >= 0.3 is 0 Å². The monoisotopic (exact) mass is 474 g/mol. The van der Waals surface area contributed by atoms with E-state index in [0.717, 1.165) is 22.6 Å². The van der Waals surface area contributed by atoms with Crippen molar-refractivity contribution in [2.75, 3.05) is 0 Å². The van der Waals surface area contributed by atoms with Crippen molar-refractivity contribution in [2.24, 2.45) is 0 Å². The number of unbranched alkanes of at least 4 members (excludes halogenated alkanes) is 1. The largest absolute Gasteiger partial charge is 0.412 e. The Labute approximate surface area is 200 Å². The van der Waals surface area contributed by atoms with Gasteiger partial charge in [0, 0.05) is 10.6 Å². The molecule has 0 amide bonds. The molecule has 6 heteroatoms. The van der Waals surface area contributed by atoms with Gasteiger partial charge in [0.2, 0.25) is 0 Å². The number of aromatic nitrogens is 2. The van der Waals surface area contributed by atoms with Crippen LogP contribution in [0.5, 0.6) is 0 Å². The predicted octanol–water partition coefficient (Wildman–Crippen LogP) is 7.16. The normalized spacial score (nSPS) is 12.9. The minimum atomic E-state index is -1.98. The fourth-order valence-electron chi connectivity index (χ4n) is 3.02. The molecule has 0 saturated carbocycles. The van der Waals surface area contributed by atoms with E-state index in [-0.39, 0.29) is 16.1 Å². The Morgan fingerprint density at radius 1 is 1.03 bits per heavy atom. The van der Waals surface area contributed by atoms with Gasteiger partial charge in [0.25, 0.3) is 5.56 Å². The summed E-state index contributed by atoms with van der Waals surface area (Å²) in [6, 6.07) is 8.85. The van der Waals surface area contributed by atoms with E-state index in [9.17, 15) is 4.79 Å². The van der Waals surface area contributed by atoms with Crippen molar-refractivity contribution in [1.82, 2.24) is 9.78 Å². The van der Waals surface area contributed by atoms with Crippen LogP contribution in [0.2, 0.25) is 18.1 Å². The molecule has 32 heavy (non-hydrogen) atoms. The van der Waals surface area contributed by atoms with Gasteiger partial charge in [-0.1, -0.05) is 58.4 Å². The standard InChI is InChI=1S/C26H42N2O2SSi/c1-10-11-12-20-13-15-21(16-14-20)19-31-23-17-27-28(25(2,3)4)24(29)22(23)18-30-32(8,9)26(5,6)7/h13-17H,10-12,18-19H2,1-9H3. The Morgan fingerprint density at radius 2 is 1.62 bits per heavy atom. The molecule has 0 bridgehead atoms. The first-order valence-electron chi connectivity index (χ1n) is 11.7. The summed E-state index contributed by atoms with van der Waals surface area (Å²) >= 11 is 1.68. The van der Waals surface area contributed by atoms with Crippen molar-refractivity contribution < 1.29 is 4.43 Å². The van der Waals surface area contributed by atoms with Gasteiger partial charge in [-0.25, -0.2) is 4.68 Å². The van der Waals surface area contributed by atoms with Crippen LogP contribution >= 0.6 is 11.8 Å². The van der Waals surface area contributed by atoms with E-state index in [1.165, 1.54) is 24.0 Å². The van der Waals surface area contributed by atoms with Crippen molar-refractivity contribution in [3.8, 4) is 0 Å². The Kier molecular flexibility index (Phi) is 8.99. The molecular formula is C26H42N2O2SSi. The Bertz CT molecular complexity index is 938. The number of rotatable bonds is 9. The summed E-state index contributed by atoms with van der Waals surface area (Å²) in [7, 11) is -1.98. The van der Waals surface area contributed by atoms with E-state index in [1.807, 2.05) is 27.0 Å². The molecule has 2 rings (SSSR count). The van der Waals surface area contributed by atoms with Crippen LogP contribution in [0.3, 0.4) is 0 Å². The fraction of sp³-hybridized carbons (Fsp3) is 0.615. The molecule has 0 fully saturated rings. The van der Waals surface area contributed by atoms with E-state index in [2.05, 4.69) is 70.2 Å². The van der Waals surface area contributed by atoms with E-state index < -0.39 is 8.32 Å². The van der Waals surface area contributed by atoms with E-state index in [0.29, 0.717) is 6.61 Å². The highest BCUT2D eigenvalue weighted by molar-refractivity contribution is 7.98. The van der Waals surface area contributed by atoms with Crippen LogP contribution in [-0.2, 0) is 28.7 Å². The number of thioether (sulfide) groups is 1. The summed E-state index contributed by atoms with van der Waals surface area (Å²) in [5, 5.41) is 4.60. The first-order chi connectivity index (χ1) is 14.8. The summed E-state index contributed by atoms with van der Waals surface area (Å²) < 4.78 is 8.05. The molecule has 0 spiro atoms. The van der Waals surface area contributed by atoms with Crippen molar-refractivity contribution in [2.45, 2.75) is 109 Å². The number of nitrogens with zero attached hydrogens (tertiary/aromatic N) is 2. The molecule has 1 aromatic heterocycles. The molecule has 0 atom stereocenters. The van der Waals surface area contributed by atoms with Crippen molar-refractivity contribution in [1.29, 1.82) is 0 Å². The molecule has 0 aliphatic heterocycles. The average molecular weight is 475 g/mol. The van der Waals surface area contributed by atoms with Gasteiger partial charge in [-0.2, -0.15) is 5.10 Å². The number of hydrogen-bond donors (Lipinski definition) is 0. The third-order valence-corrected chi connectivity index (χ3v) is 11.9. The number of hydrogen-bond acceptors (Lipinski definition) is 4. The maximum Gasteiger partial charge on any atom is 0.273 e. The zero-order valence-electron chi connectivity index (χ0n) is 21.5. The SMILES string of the molecule is CCCCc1ccc(CSc2cnn(C(C)(C)C)c(=O)c2CO[Si](C)(C)C(C)(C)C)cc1. The molecule has 0 aliphatic carbocycles. The molecule has 0 N–H and O–H groups in total. The lowest BCUT2D eigenvalue weighted by Crippen LogP contribution is -2.42. The highest BCUT2D eigenvalue weighted by atomic mass is 32.2. The average Bonchev–Trinajstić information content (AvgIpc) is 2.69. The van der Waals surface area contributed by atoms with Crippen molar-refractivity contribution in [3.05, 3.63) is 57.5 Å². The summed E-state index contributed by atoms with van der Waals surface area (Å²) in [5.41, 5.74) is 2.95. The van der Waals surface area contributed by atoms with Gasteiger partial charge in [-0.3, -0.25) is 4.79 Å². The first-order valence-corrected chi connectivity index (χ1v) is 15.6. The Hall–Kier alpha value is -1.37. The van der Waals surface area contributed by atoms with Crippen LogP contribution in [0.25, 0.3) is 0 Å². The van der Waals surface area contributed by atoms with E-state index in [4.69, 9.17) is 4.43 Å². The lowest BCUT2D eigenvalue weighted by Gasteiger charge is -2.36. The van der Waals surface area contributed by atoms with Crippen LogP contribution in [0.1, 0.15) is 78.0 Å². The first kappa shape index (κ1) is 26.9. The van der Waals surface area contributed by atoms with Gasteiger partial charge in [0.05, 0.1) is 23.9 Å². The van der Waals surface area contributed by atoms with Crippen molar-refractivity contribution in [3.63, 3.8) is 0 Å². The molecule has 178 valence electrons. The summed E-state index contributed by atoms with van der Waals surface area (Å²) in [4.78, 5) is 14.3. The molecule has 2 aromatic rings. The number of aryl methyl sites for hydroxylation is 1. The van der Waals surface area contributed by atoms with Crippen LogP contribution in [0, 0.1) is 0 Å². The van der Waals surface area contributed by atoms with Crippen LogP contribution < -0.4 is 5.56 Å². The zero-order chi connectivity index (χ0) is 24.2. The molecule has 0 aliphatic rings. The van der Waals surface area contributed by atoms with Gasteiger partial charge in [-0.15, -0.1) is 11.8 Å². The Balaban J connectivity index is 2.27. The second kappa shape index (κ2) is 10.7. The number of benzene rings is 1. The highest BCUT2D eigenvalue weighted by Crippen LogP contribution is 2.37. The molecule has 0 unspecified atom stereocenters. The second-order valence-electron chi connectivity index (χ2n) is 11.1. The van der Waals surface area contributed by atoms with Gasteiger partial charge in [0.15, 0.2) is 8.32 Å². The summed E-state index contributed by atoms with van der Waals surface area (Å²) in [6.07, 6.45) is 5.41. The maximum absolute atomic E-state index is 13.4. The quantitative estimate of drug-likeness (QED) is 0.286. The minimum Gasteiger partial charge on any atom is -0.412 e. The predicted molar refractivity (Wildman–Crippen MR) is 140 cm³/mol. The minimum absolute atomic E-state index is 0.0453. The molecule has 1 heterocycles. The van der Waals surface area contributed by atoms with Gasteiger partial charge in [0.1, 0.15) is 0 Å². The van der Waals surface area contributed by atoms with Crippen LogP contribution in [0.15, 0.2) is 40.2 Å². The molecule has 0 saturated heterocycles. The third-order valence-electron chi connectivity index (χ3n) is 6.29. The molecular weight excluding hydrogens is 432 g/mol. The molecule has 4 nitrogen and oxygen atoms in total. The lowest BCUT2D eigenvalue weighted by molar-refractivity contribution is 0.264. The van der Waals surface area contributed by atoms with Crippen LogP contribution in [-0.4, -0.2) is 18.1 Å². The third kappa shape index (κ3) is 7.06. The molecule has 0 radical (unpaired) electrons. The highest BCUT2D eigenvalue weighted by Gasteiger charge is 2.37. The van der Waals surface area contributed by atoms with E-state index >= 15 is 0 Å². The zero-order valence-corrected chi connectivity index (χ0v) is 23.4. The fourth-order valence-corrected chi connectivity index (χ4v) is 4.92. The van der Waals surface area contributed by atoms with E-state index in [1.54, 1.807) is 16.4 Å².